The van der Waals surface area contributed by atoms with Crippen LogP contribution in [-0.4, -0.2) is 45.5 Å². The van der Waals surface area contributed by atoms with E-state index in [4.69, 9.17) is 10.1 Å². The molecular formula is C25H20F2N6O2. The van der Waals surface area contributed by atoms with E-state index >= 15 is 0 Å². The molecule has 176 valence electrons. The van der Waals surface area contributed by atoms with Crippen LogP contribution >= 0.6 is 0 Å². The summed E-state index contributed by atoms with van der Waals surface area (Å²) in [6.45, 7) is -0.808. The van der Waals surface area contributed by atoms with Gasteiger partial charge in [-0.15, -0.1) is 0 Å². The SMILES string of the molecule is CN/C=C1/C=C(n2nc3ccc(OCC(F)F)nc3c(-c3ccc4[nH]ccc4c3)c2=O)C=CC1=N. The molecule has 4 aromatic rings. The Labute approximate surface area is 197 Å². The van der Waals surface area contributed by atoms with Crippen molar-refractivity contribution in [2.45, 2.75) is 6.43 Å². The van der Waals surface area contributed by atoms with Gasteiger partial charge in [0.15, 0.2) is 6.61 Å². The van der Waals surface area contributed by atoms with E-state index in [-0.39, 0.29) is 22.7 Å². The Hall–Kier alpha value is -4.60. The van der Waals surface area contributed by atoms with Crippen LogP contribution in [0.25, 0.3) is 38.8 Å². The van der Waals surface area contributed by atoms with E-state index in [1.54, 1.807) is 49.8 Å². The molecule has 3 N–H and O–H groups in total. The maximum atomic E-state index is 13.8. The highest BCUT2D eigenvalue weighted by Crippen LogP contribution is 2.28. The van der Waals surface area contributed by atoms with Crippen molar-refractivity contribution in [3.8, 4) is 17.0 Å². The molecule has 0 unspecified atom stereocenters. The quantitative estimate of drug-likeness (QED) is 0.390. The van der Waals surface area contributed by atoms with Gasteiger partial charge >= 0.3 is 0 Å². The van der Waals surface area contributed by atoms with Crippen molar-refractivity contribution < 1.29 is 13.5 Å². The molecule has 3 heterocycles. The molecule has 1 aromatic carbocycles. The first-order valence-corrected chi connectivity index (χ1v) is 10.7. The number of ether oxygens (including phenoxy) is 1. The van der Waals surface area contributed by atoms with Crippen molar-refractivity contribution >= 4 is 33.3 Å². The van der Waals surface area contributed by atoms with E-state index in [9.17, 15) is 13.6 Å². The van der Waals surface area contributed by atoms with Crippen LogP contribution in [-0.2, 0) is 0 Å². The van der Waals surface area contributed by atoms with E-state index < -0.39 is 18.6 Å². The summed E-state index contributed by atoms with van der Waals surface area (Å²) in [5, 5.41) is 16.4. The first-order valence-electron chi connectivity index (χ1n) is 10.7. The number of nitrogens with zero attached hydrogens (tertiary/aromatic N) is 3. The van der Waals surface area contributed by atoms with Crippen LogP contribution < -0.4 is 15.6 Å². The van der Waals surface area contributed by atoms with Gasteiger partial charge in [0.05, 0.1) is 17.0 Å². The summed E-state index contributed by atoms with van der Waals surface area (Å²) < 4.78 is 31.7. The van der Waals surface area contributed by atoms with Crippen molar-refractivity contribution in [1.29, 1.82) is 5.41 Å². The zero-order valence-corrected chi connectivity index (χ0v) is 18.5. The van der Waals surface area contributed by atoms with Crippen LogP contribution in [0.1, 0.15) is 0 Å². The molecule has 0 spiro atoms. The van der Waals surface area contributed by atoms with Gasteiger partial charge < -0.3 is 20.4 Å². The summed E-state index contributed by atoms with van der Waals surface area (Å²) in [6, 6.07) is 10.4. The van der Waals surface area contributed by atoms with Gasteiger partial charge in [-0.2, -0.15) is 9.78 Å². The lowest BCUT2D eigenvalue weighted by Gasteiger charge is -2.15. The molecule has 1 aliphatic rings. The first-order chi connectivity index (χ1) is 16.9. The fourth-order valence-electron chi connectivity index (χ4n) is 3.89. The third-order valence-electron chi connectivity index (χ3n) is 5.48. The largest absolute Gasteiger partial charge is 0.472 e. The average Bonchev–Trinajstić information content (AvgIpc) is 3.32. The number of aromatic amines is 1. The lowest BCUT2D eigenvalue weighted by atomic mass is 10.0. The van der Waals surface area contributed by atoms with Crippen LogP contribution in [0.5, 0.6) is 5.88 Å². The molecular weight excluding hydrogens is 454 g/mol. The van der Waals surface area contributed by atoms with Gasteiger partial charge in [-0.3, -0.25) is 4.79 Å². The molecule has 0 atom stereocenters. The second-order valence-electron chi connectivity index (χ2n) is 7.80. The number of allylic oxidation sites excluding steroid dienone is 5. The number of nitrogens with one attached hydrogen (secondary N) is 3. The molecule has 5 rings (SSSR count). The summed E-state index contributed by atoms with van der Waals surface area (Å²) in [7, 11) is 1.72. The highest BCUT2D eigenvalue weighted by Gasteiger charge is 2.20. The number of aromatic nitrogens is 4. The Balaban J connectivity index is 1.75. The number of rotatable bonds is 6. The topological polar surface area (TPSA) is 109 Å². The van der Waals surface area contributed by atoms with Crippen LogP contribution in [0.4, 0.5) is 8.78 Å². The number of benzene rings is 1. The van der Waals surface area contributed by atoms with Gasteiger partial charge in [-0.25, -0.2) is 13.8 Å². The summed E-state index contributed by atoms with van der Waals surface area (Å²) in [4.78, 5) is 21.3. The molecule has 0 radical (unpaired) electrons. The first kappa shape index (κ1) is 22.2. The van der Waals surface area contributed by atoms with Crippen LogP contribution in [0, 0.1) is 5.41 Å². The van der Waals surface area contributed by atoms with Crippen LogP contribution in [0.2, 0.25) is 0 Å². The number of hydrogen-bond donors (Lipinski definition) is 3. The monoisotopic (exact) mass is 474 g/mol. The van der Waals surface area contributed by atoms with Crippen LogP contribution in [0.15, 0.2) is 77.4 Å². The van der Waals surface area contributed by atoms with Crippen molar-refractivity contribution in [3.05, 3.63) is 82.9 Å². The van der Waals surface area contributed by atoms with E-state index in [1.807, 2.05) is 18.2 Å². The zero-order valence-electron chi connectivity index (χ0n) is 18.5. The van der Waals surface area contributed by atoms with E-state index in [0.29, 0.717) is 22.4 Å². The summed E-state index contributed by atoms with van der Waals surface area (Å²) >= 11 is 0. The lowest BCUT2D eigenvalue weighted by Crippen LogP contribution is -2.25. The summed E-state index contributed by atoms with van der Waals surface area (Å²) in [6.07, 6.45) is 5.72. The van der Waals surface area contributed by atoms with Crippen molar-refractivity contribution in [2.24, 2.45) is 0 Å². The highest BCUT2D eigenvalue weighted by molar-refractivity contribution is 6.12. The Kier molecular flexibility index (Phi) is 5.69. The van der Waals surface area contributed by atoms with Gasteiger partial charge in [0.2, 0.25) is 5.88 Å². The standard InChI is InChI=1S/C25H20F2N6O2/c1-29-12-16-11-17(3-4-18(16)28)33-25(34)23(15-2-5-19-14(10-15)8-9-30-19)24-20(32-33)6-7-22(31-24)35-13-21(26)27/h2-12,21,28-30H,13H2,1H3/b16-12-,28-18?. The number of pyridine rings is 1. The maximum absolute atomic E-state index is 13.8. The Morgan fingerprint density at radius 2 is 2.09 bits per heavy atom. The second kappa shape index (κ2) is 8.98. The zero-order chi connectivity index (χ0) is 24.5. The van der Waals surface area contributed by atoms with E-state index in [2.05, 4.69) is 20.4 Å². The van der Waals surface area contributed by atoms with Gasteiger partial charge in [-0.05, 0) is 53.4 Å². The molecule has 0 saturated heterocycles. The molecule has 0 amide bonds. The molecule has 35 heavy (non-hydrogen) atoms. The molecule has 0 saturated carbocycles. The molecule has 0 bridgehead atoms. The summed E-state index contributed by atoms with van der Waals surface area (Å²) in [5.41, 5.74) is 3.28. The fourth-order valence-corrected chi connectivity index (χ4v) is 3.89. The smallest absolute Gasteiger partial charge is 0.281 e. The van der Waals surface area contributed by atoms with E-state index in [0.717, 1.165) is 10.9 Å². The molecule has 8 nitrogen and oxygen atoms in total. The second-order valence-corrected chi connectivity index (χ2v) is 7.80. The molecule has 0 aliphatic heterocycles. The number of halogens is 2. The predicted octanol–water partition coefficient (Wildman–Crippen LogP) is 4.12. The van der Waals surface area contributed by atoms with Gasteiger partial charge in [-0.1, -0.05) is 6.07 Å². The predicted molar refractivity (Wildman–Crippen MR) is 131 cm³/mol. The highest BCUT2D eigenvalue weighted by atomic mass is 19.3. The molecule has 3 aromatic heterocycles. The van der Waals surface area contributed by atoms with Crippen molar-refractivity contribution in [3.63, 3.8) is 0 Å². The van der Waals surface area contributed by atoms with Gasteiger partial charge in [0.25, 0.3) is 12.0 Å². The minimum absolute atomic E-state index is 0.0230. The third-order valence-corrected chi connectivity index (χ3v) is 5.48. The Morgan fingerprint density at radius 3 is 2.89 bits per heavy atom. The van der Waals surface area contributed by atoms with Gasteiger partial charge in [0, 0.05) is 36.6 Å². The van der Waals surface area contributed by atoms with E-state index in [1.165, 1.54) is 10.7 Å². The molecule has 1 aliphatic carbocycles. The number of H-pyrrole nitrogens is 1. The number of hydrogen-bond acceptors (Lipinski definition) is 6. The third kappa shape index (κ3) is 4.21. The number of fused-ring (bicyclic) bond motifs is 2. The minimum atomic E-state index is -2.65. The molecule has 0 fully saturated rings. The Morgan fingerprint density at radius 1 is 1.23 bits per heavy atom. The maximum Gasteiger partial charge on any atom is 0.281 e. The van der Waals surface area contributed by atoms with Crippen LogP contribution in [0.3, 0.4) is 0 Å². The average molecular weight is 474 g/mol. The van der Waals surface area contributed by atoms with Gasteiger partial charge in [0.1, 0.15) is 11.0 Å². The minimum Gasteiger partial charge on any atom is -0.472 e. The lowest BCUT2D eigenvalue weighted by molar-refractivity contribution is 0.0798. The van der Waals surface area contributed by atoms with Crippen molar-refractivity contribution in [2.75, 3.05) is 13.7 Å². The normalized spacial score (nSPS) is 14.8. The van der Waals surface area contributed by atoms with Crippen molar-refractivity contribution in [1.82, 2.24) is 25.1 Å². The fraction of sp³-hybridized carbons (Fsp3) is 0.120. The molecule has 10 heteroatoms. The summed E-state index contributed by atoms with van der Waals surface area (Å²) in [5.74, 6) is -0.0230. The number of alkyl halides is 2. The Bertz CT molecular complexity index is 1610.